The van der Waals surface area contributed by atoms with Crippen molar-refractivity contribution in [2.24, 2.45) is 0 Å². The summed E-state index contributed by atoms with van der Waals surface area (Å²) < 4.78 is 2.09. The van der Waals surface area contributed by atoms with Crippen LogP contribution in [0.4, 0.5) is 0 Å². The summed E-state index contributed by atoms with van der Waals surface area (Å²) >= 11 is 0. The Balaban J connectivity index is 2.34. The summed E-state index contributed by atoms with van der Waals surface area (Å²) in [5, 5.41) is 11.3. The lowest BCUT2D eigenvalue weighted by molar-refractivity contribution is 0.620. The lowest BCUT2D eigenvalue weighted by atomic mass is 10.1. The molecule has 0 amide bonds. The van der Waals surface area contributed by atoms with Crippen molar-refractivity contribution >= 4 is 0 Å². The van der Waals surface area contributed by atoms with Crippen LogP contribution < -0.4 is 10.6 Å². The normalized spacial score (nSPS) is 11.1. The van der Waals surface area contributed by atoms with Crippen molar-refractivity contribution in [2.45, 2.75) is 40.7 Å². The molecule has 1 aromatic heterocycles. The second-order valence-corrected chi connectivity index (χ2v) is 4.32. The Morgan fingerprint density at radius 2 is 1.76 bits per heavy atom. The molecule has 0 radical (unpaired) electrons. The number of aromatic nitrogens is 2. The third-order valence-corrected chi connectivity index (χ3v) is 3.11. The Hall–Kier alpha value is -0.870. The minimum absolute atomic E-state index is 0.959. The van der Waals surface area contributed by atoms with E-state index in [-0.39, 0.29) is 0 Å². The van der Waals surface area contributed by atoms with Gasteiger partial charge in [-0.1, -0.05) is 6.92 Å². The number of hydrogen-bond acceptors (Lipinski definition) is 3. The summed E-state index contributed by atoms with van der Waals surface area (Å²) in [6.45, 7) is 13.6. The van der Waals surface area contributed by atoms with Gasteiger partial charge in [-0.25, -0.2) is 0 Å². The molecule has 0 bridgehead atoms. The molecule has 0 aromatic carbocycles. The predicted molar refractivity (Wildman–Crippen MR) is 72.5 cm³/mol. The van der Waals surface area contributed by atoms with Gasteiger partial charge in [0.25, 0.3) is 0 Å². The molecule has 98 valence electrons. The summed E-state index contributed by atoms with van der Waals surface area (Å²) in [6.07, 6.45) is 1.07. The zero-order chi connectivity index (χ0) is 12.7. The minimum atomic E-state index is 0.959. The van der Waals surface area contributed by atoms with Crippen LogP contribution in [-0.4, -0.2) is 36.0 Å². The van der Waals surface area contributed by atoms with E-state index in [0.717, 1.165) is 39.1 Å². The SMILES string of the molecule is CCNCCNCCc1c(C)nn(CC)c1C. The molecular formula is C13H26N4. The fourth-order valence-corrected chi connectivity index (χ4v) is 2.10. The number of aryl methyl sites for hydroxylation is 2. The highest BCUT2D eigenvalue weighted by Crippen LogP contribution is 2.12. The van der Waals surface area contributed by atoms with Crippen molar-refractivity contribution in [3.05, 3.63) is 17.0 Å². The van der Waals surface area contributed by atoms with Crippen LogP contribution in [0.5, 0.6) is 0 Å². The topological polar surface area (TPSA) is 41.9 Å². The van der Waals surface area contributed by atoms with Crippen LogP contribution in [0.25, 0.3) is 0 Å². The van der Waals surface area contributed by atoms with Gasteiger partial charge in [-0.15, -0.1) is 0 Å². The molecule has 0 fully saturated rings. The van der Waals surface area contributed by atoms with Crippen molar-refractivity contribution in [3.8, 4) is 0 Å². The number of rotatable bonds is 8. The second kappa shape index (κ2) is 7.45. The predicted octanol–water partition coefficient (Wildman–Crippen LogP) is 1.26. The Kier molecular flexibility index (Phi) is 6.22. The molecule has 0 aliphatic carbocycles. The molecule has 0 atom stereocenters. The Morgan fingerprint density at radius 1 is 1.06 bits per heavy atom. The van der Waals surface area contributed by atoms with Gasteiger partial charge < -0.3 is 10.6 Å². The molecule has 17 heavy (non-hydrogen) atoms. The first-order valence-corrected chi connectivity index (χ1v) is 6.65. The van der Waals surface area contributed by atoms with Gasteiger partial charge >= 0.3 is 0 Å². The van der Waals surface area contributed by atoms with Gasteiger partial charge in [0.15, 0.2) is 0 Å². The van der Waals surface area contributed by atoms with E-state index in [2.05, 4.69) is 48.1 Å². The molecule has 2 N–H and O–H groups in total. The van der Waals surface area contributed by atoms with Gasteiger partial charge in [0, 0.05) is 25.3 Å². The maximum atomic E-state index is 4.53. The van der Waals surface area contributed by atoms with Crippen LogP contribution in [-0.2, 0) is 13.0 Å². The monoisotopic (exact) mass is 238 g/mol. The third-order valence-electron chi connectivity index (χ3n) is 3.11. The fraction of sp³-hybridized carbons (Fsp3) is 0.769. The van der Waals surface area contributed by atoms with Crippen LogP contribution in [0.15, 0.2) is 0 Å². The van der Waals surface area contributed by atoms with E-state index in [0.29, 0.717) is 0 Å². The van der Waals surface area contributed by atoms with Gasteiger partial charge in [-0.3, -0.25) is 4.68 Å². The summed E-state index contributed by atoms with van der Waals surface area (Å²) in [7, 11) is 0. The summed E-state index contributed by atoms with van der Waals surface area (Å²) in [6, 6.07) is 0. The molecule has 1 rings (SSSR count). The molecular weight excluding hydrogens is 212 g/mol. The summed E-state index contributed by atoms with van der Waals surface area (Å²) in [4.78, 5) is 0. The van der Waals surface area contributed by atoms with Gasteiger partial charge in [-0.2, -0.15) is 5.10 Å². The van der Waals surface area contributed by atoms with E-state index in [4.69, 9.17) is 0 Å². The molecule has 0 saturated heterocycles. The maximum absolute atomic E-state index is 4.53. The molecule has 0 aliphatic heterocycles. The zero-order valence-electron chi connectivity index (χ0n) is 11.6. The quantitative estimate of drug-likeness (QED) is 0.670. The lowest BCUT2D eigenvalue weighted by Crippen LogP contribution is -2.28. The van der Waals surface area contributed by atoms with Crippen LogP contribution in [0.3, 0.4) is 0 Å². The van der Waals surface area contributed by atoms with Gasteiger partial charge in [-0.05, 0) is 45.8 Å². The van der Waals surface area contributed by atoms with E-state index in [9.17, 15) is 0 Å². The average molecular weight is 238 g/mol. The van der Waals surface area contributed by atoms with Crippen LogP contribution in [0.2, 0.25) is 0 Å². The third kappa shape index (κ3) is 4.13. The number of likely N-dealkylation sites (N-methyl/N-ethyl adjacent to an activating group) is 1. The van der Waals surface area contributed by atoms with Crippen molar-refractivity contribution in [1.82, 2.24) is 20.4 Å². The fourth-order valence-electron chi connectivity index (χ4n) is 2.10. The minimum Gasteiger partial charge on any atom is -0.316 e. The first-order valence-electron chi connectivity index (χ1n) is 6.65. The highest BCUT2D eigenvalue weighted by Gasteiger charge is 2.09. The smallest absolute Gasteiger partial charge is 0.0628 e. The Labute approximate surface area is 105 Å². The first-order chi connectivity index (χ1) is 8.20. The van der Waals surface area contributed by atoms with E-state index in [1.807, 2.05) is 0 Å². The molecule has 4 nitrogen and oxygen atoms in total. The average Bonchev–Trinajstić information content (AvgIpc) is 2.60. The van der Waals surface area contributed by atoms with E-state index >= 15 is 0 Å². The van der Waals surface area contributed by atoms with E-state index < -0.39 is 0 Å². The van der Waals surface area contributed by atoms with Crippen molar-refractivity contribution in [3.63, 3.8) is 0 Å². The van der Waals surface area contributed by atoms with Crippen LogP contribution >= 0.6 is 0 Å². The van der Waals surface area contributed by atoms with Gasteiger partial charge in [0.2, 0.25) is 0 Å². The molecule has 0 spiro atoms. The first kappa shape index (κ1) is 14.2. The molecule has 0 saturated carbocycles. The molecule has 4 heteroatoms. The summed E-state index contributed by atoms with van der Waals surface area (Å²) in [5.41, 5.74) is 3.90. The Morgan fingerprint density at radius 3 is 2.35 bits per heavy atom. The Bertz CT molecular complexity index is 330. The number of nitrogens with one attached hydrogen (secondary N) is 2. The van der Waals surface area contributed by atoms with Crippen molar-refractivity contribution < 1.29 is 0 Å². The largest absolute Gasteiger partial charge is 0.316 e. The van der Waals surface area contributed by atoms with E-state index in [1.54, 1.807) is 0 Å². The van der Waals surface area contributed by atoms with Gasteiger partial charge in [0.1, 0.15) is 0 Å². The lowest BCUT2D eigenvalue weighted by Gasteiger charge is -2.06. The second-order valence-electron chi connectivity index (χ2n) is 4.32. The maximum Gasteiger partial charge on any atom is 0.0628 e. The van der Waals surface area contributed by atoms with Crippen molar-refractivity contribution in [2.75, 3.05) is 26.2 Å². The van der Waals surface area contributed by atoms with Crippen LogP contribution in [0.1, 0.15) is 30.8 Å². The van der Waals surface area contributed by atoms with E-state index in [1.165, 1.54) is 17.0 Å². The molecule has 1 heterocycles. The highest BCUT2D eigenvalue weighted by atomic mass is 15.3. The molecule has 0 aliphatic rings. The highest BCUT2D eigenvalue weighted by molar-refractivity contribution is 5.24. The zero-order valence-corrected chi connectivity index (χ0v) is 11.6. The summed E-state index contributed by atoms with van der Waals surface area (Å²) in [5.74, 6) is 0. The molecule has 1 aromatic rings. The number of nitrogens with zero attached hydrogens (tertiary/aromatic N) is 2. The van der Waals surface area contributed by atoms with Crippen molar-refractivity contribution in [1.29, 1.82) is 0 Å². The van der Waals surface area contributed by atoms with Gasteiger partial charge in [0.05, 0.1) is 5.69 Å². The molecule has 0 unspecified atom stereocenters. The standard InChI is InChI=1S/C13H26N4/c1-5-14-9-10-15-8-7-13-11(3)16-17(6-2)12(13)4/h14-15H,5-10H2,1-4H3. The van der Waals surface area contributed by atoms with Crippen LogP contribution in [0, 0.1) is 13.8 Å². The number of hydrogen-bond donors (Lipinski definition) is 2.